The van der Waals surface area contributed by atoms with Crippen LogP contribution in [0.4, 0.5) is 0 Å². The van der Waals surface area contributed by atoms with Gasteiger partial charge in [-0.1, -0.05) is 24.3 Å². The molecule has 1 aromatic carbocycles. The molecule has 7 heteroatoms. The van der Waals surface area contributed by atoms with Gasteiger partial charge < -0.3 is 4.42 Å². The molecule has 7 nitrogen and oxygen atoms in total. The first kappa shape index (κ1) is 17.0. The highest BCUT2D eigenvalue weighted by molar-refractivity contribution is 5.51. The summed E-state index contributed by atoms with van der Waals surface area (Å²) >= 11 is 0. The van der Waals surface area contributed by atoms with Gasteiger partial charge in [0.05, 0.1) is 6.54 Å². The van der Waals surface area contributed by atoms with E-state index >= 15 is 0 Å². The zero-order chi connectivity index (χ0) is 18.5. The molecule has 0 fully saturated rings. The van der Waals surface area contributed by atoms with Gasteiger partial charge in [-0.15, -0.1) is 10.2 Å². The second-order valence-corrected chi connectivity index (χ2v) is 6.17. The predicted molar refractivity (Wildman–Crippen MR) is 100 cm³/mol. The molecule has 0 N–H and O–H groups in total. The van der Waals surface area contributed by atoms with E-state index in [4.69, 9.17) is 4.42 Å². The first-order valence-electron chi connectivity index (χ1n) is 8.56. The van der Waals surface area contributed by atoms with Crippen molar-refractivity contribution in [3.05, 3.63) is 78.6 Å². The number of nitrogens with zero attached hydrogens (tertiary/aromatic N) is 6. The molecule has 27 heavy (non-hydrogen) atoms. The van der Waals surface area contributed by atoms with E-state index in [2.05, 4.69) is 30.0 Å². The average Bonchev–Trinajstić information content (AvgIpc) is 3.18. The molecule has 0 atom stereocenters. The van der Waals surface area contributed by atoms with Crippen LogP contribution in [-0.4, -0.2) is 37.1 Å². The van der Waals surface area contributed by atoms with Crippen molar-refractivity contribution in [2.45, 2.75) is 13.1 Å². The Bertz CT molecular complexity index is 986. The van der Waals surface area contributed by atoms with Gasteiger partial charge in [0.1, 0.15) is 5.69 Å². The Morgan fingerprint density at radius 1 is 0.852 bits per heavy atom. The van der Waals surface area contributed by atoms with Crippen LogP contribution in [0.3, 0.4) is 0 Å². The van der Waals surface area contributed by atoms with Gasteiger partial charge in [-0.25, -0.2) is 9.97 Å². The normalized spacial score (nSPS) is 11.0. The van der Waals surface area contributed by atoms with Gasteiger partial charge in [0.2, 0.25) is 11.8 Å². The number of pyridine rings is 1. The highest BCUT2D eigenvalue weighted by Crippen LogP contribution is 2.18. The summed E-state index contributed by atoms with van der Waals surface area (Å²) in [6, 6.07) is 15.4. The number of hydrogen-bond donors (Lipinski definition) is 0. The van der Waals surface area contributed by atoms with Crippen molar-refractivity contribution in [3.8, 4) is 23.0 Å². The molecule has 0 amide bonds. The van der Waals surface area contributed by atoms with Crippen molar-refractivity contribution < 1.29 is 4.42 Å². The van der Waals surface area contributed by atoms with Crippen LogP contribution >= 0.6 is 0 Å². The molecule has 0 saturated heterocycles. The van der Waals surface area contributed by atoms with Crippen LogP contribution in [0.5, 0.6) is 0 Å². The van der Waals surface area contributed by atoms with Crippen molar-refractivity contribution in [2.75, 3.05) is 7.05 Å². The van der Waals surface area contributed by atoms with Gasteiger partial charge in [-0.05, 0) is 31.3 Å². The number of rotatable bonds is 6. The Morgan fingerprint density at radius 3 is 2.37 bits per heavy atom. The fourth-order valence-corrected chi connectivity index (χ4v) is 2.68. The van der Waals surface area contributed by atoms with E-state index in [0.717, 1.165) is 16.8 Å². The zero-order valence-corrected chi connectivity index (χ0v) is 14.9. The van der Waals surface area contributed by atoms with Crippen LogP contribution in [-0.2, 0) is 13.1 Å². The minimum absolute atomic E-state index is 0.530. The van der Waals surface area contributed by atoms with Crippen molar-refractivity contribution in [2.24, 2.45) is 0 Å². The molecule has 0 aliphatic rings. The maximum atomic E-state index is 5.75. The summed E-state index contributed by atoms with van der Waals surface area (Å²) in [5.74, 6) is 1.72. The Balaban J connectivity index is 1.38. The van der Waals surface area contributed by atoms with Crippen molar-refractivity contribution >= 4 is 0 Å². The van der Waals surface area contributed by atoms with E-state index in [1.807, 2.05) is 68.0 Å². The summed E-state index contributed by atoms with van der Waals surface area (Å²) in [6.45, 7) is 1.22. The van der Waals surface area contributed by atoms with E-state index in [1.54, 1.807) is 6.20 Å². The molecule has 0 unspecified atom stereocenters. The van der Waals surface area contributed by atoms with Crippen molar-refractivity contribution in [1.82, 2.24) is 30.0 Å². The molecule has 4 aromatic rings. The van der Waals surface area contributed by atoms with E-state index in [0.29, 0.717) is 30.7 Å². The third-order valence-electron chi connectivity index (χ3n) is 3.94. The maximum absolute atomic E-state index is 5.75. The lowest BCUT2D eigenvalue weighted by Crippen LogP contribution is -2.17. The first-order chi connectivity index (χ1) is 13.3. The highest BCUT2D eigenvalue weighted by atomic mass is 16.4. The second kappa shape index (κ2) is 7.84. The van der Waals surface area contributed by atoms with E-state index in [-0.39, 0.29) is 0 Å². The topological polar surface area (TPSA) is 80.8 Å². The maximum Gasteiger partial charge on any atom is 0.247 e. The van der Waals surface area contributed by atoms with E-state index in [9.17, 15) is 0 Å². The Morgan fingerprint density at radius 2 is 1.63 bits per heavy atom. The third kappa shape index (κ3) is 4.21. The predicted octanol–water partition coefficient (Wildman–Crippen LogP) is 3.22. The smallest absolute Gasteiger partial charge is 0.247 e. The second-order valence-electron chi connectivity index (χ2n) is 6.17. The molecule has 0 saturated carbocycles. The SMILES string of the molecule is CN(Cc1cnc(-c2ccccn2)nc1)Cc1nnc(-c2ccccc2)o1. The lowest BCUT2D eigenvalue weighted by molar-refractivity contribution is 0.282. The molecule has 0 aliphatic heterocycles. The van der Waals surface area contributed by atoms with Crippen molar-refractivity contribution in [3.63, 3.8) is 0 Å². The van der Waals surface area contributed by atoms with Gasteiger partial charge >= 0.3 is 0 Å². The van der Waals surface area contributed by atoms with Crippen LogP contribution in [0.15, 0.2) is 71.5 Å². The van der Waals surface area contributed by atoms with Gasteiger partial charge in [-0.3, -0.25) is 9.88 Å². The molecule has 3 aromatic heterocycles. The summed E-state index contributed by atoms with van der Waals surface area (Å²) < 4.78 is 5.75. The summed E-state index contributed by atoms with van der Waals surface area (Å²) in [6.07, 6.45) is 5.36. The summed E-state index contributed by atoms with van der Waals surface area (Å²) in [7, 11) is 1.99. The van der Waals surface area contributed by atoms with Gasteiger partial charge in [0.15, 0.2) is 5.82 Å². The number of aromatic nitrogens is 5. The summed E-state index contributed by atoms with van der Waals surface area (Å²) in [5, 5.41) is 8.25. The van der Waals surface area contributed by atoms with Crippen LogP contribution in [0.1, 0.15) is 11.5 Å². The zero-order valence-electron chi connectivity index (χ0n) is 14.9. The Labute approximate surface area is 156 Å². The standard InChI is InChI=1S/C20H18N6O/c1-26(14-18-24-25-20(27-18)16-7-3-2-4-8-16)13-15-11-22-19(23-12-15)17-9-5-6-10-21-17/h2-12H,13-14H2,1H3. The number of benzene rings is 1. The van der Waals surface area contributed by atoms with Gasteiger partial charge in [-0.2, -0.15) is 0 Å². The molecule has 0 spiro atoms. The summed E-state index contributed by atoms with van der Waals surface area (Å²) in [5.41, 5.74) is 2.68. The molecule has 0 radical (unpaired) electrons. The third-order valence-corrected chi connectivity index (χ3v) is 3.94. The van der Waals surface area contributed by atoms with Gasteiger partial charge in [0, 0.05) is 36.3 Å². The first-order valence-corrected chi connectivity index (χ1v) is 8.56. The Hall–Kier alpha value is -3.45. The molecule has 134 valence electrons. The summed E-state index contributed by atoms with van der Waals surface area (Å²) in [4.78, 5) is 15.1. The lowest BCUT2D eigenvalue weighted by Gasteiger charge is -2.13. The number of hydrogen-bond acceptors (Lipinski definition) is 7. The molecular formula is C20H18N6O. The quantitative estimate of drug-likeness (QED) is 0.523. The van der Waals surface area contributed by atoms with Crippen LogP contribution in [0.25, 0.3) is 23.0 Å². The fourth-order valence-electron chi connectivity index (χ4n) is 2.68. The average molecular weight is 358 g/mol. The lowest BCUT2D eigenvalue weighted by atomic mass is 10.2. The molecule has 0 bridgehead atoms. The van der Waals surface area contributed by atoms with Gasteiger partial charge in [0.25, 0.3) is 0 Å². The molecule has 4 rings (SSSR count). The molecule has 0 aliphatic carbocycles. The largest absolute Gasteiger partial charge is 0.419 e. The monoisotopic (exact) mass is 358 g/mol. The fraction of sp³-hybridized carbons (Fsp3) is 0.150. The highest BCUT2D eigenvalue weighted by Gasteiger charge is 2.11. The van der Waals surface area contributed by atoms with E-state index < -0.39 is 0 Å². The van der Waals surface area contributed by atoms with E-state index in [1.165, 1.54) is 0 Å². The minimum atomic E-state index is 0.530. The van der Waals surface area contributed by atoms with Crippen LogP contribution in [0, 0.1) is 0 Å². The minimum Gasteiger partial charge on any atom is -0.419 e. The Kier molecular flexibility index (Phi) is 4.93. The molecule has 3 heterocycles. The molecular weight excluding hydrogens is 340 g/mol. The van der Waals surface area contributed by atoms with Crippen LogP contribution in [0.2, 0.25) is 0 Å². The van der Waals surface area contributed by atoms with Crippen molar-refractivity contribution in [1.29, 1.82) is 0 Å². The van der Waals surface area contributed by atoms with Crippen LogP contribution < -0.4 is 0 Å².